The topological polar surface area (TPSA) is 127 Å². The largest absolute Gasteiger partial charge is 0.369 e. The fourth-order valence-electron chi connectivity index (χ4n) is 3.36. The average molecular weight is 416 g/mol. The van der Waals surface area contributed by atoms with Crippen molar-refractivity contribution in [3.05, 3.63) is 54.0 Å². The summed E-state index contributed by atoms with van der Waals surface area (Å²) in [7, 11) is 3.40. The molecule has 2 aromatic heterocycles. The standard InChI is InChI=1S/C22H20N6O3/c1-27-11-9-22(31,21(27)30)8-6-14-4-3-5-15(12-14)16-13-17(18-7-10-24-28(18)2)26-20(25-16)19(23)29/h3-5,7,10,12-13,31H,9,11H2,1-2H3,(H2,23,29). The lowest BCUT2D eigenvalue weighted by atomic mass is 10.0. The van der Waals surface area contributed by atoms with Gasteiger partial charge >= 0.3 is 0 Å². The Morgan fingerprint density at radius 1 is 1.19 bits per heavy atom. The van der Waals surface area contributed by atoms with Crippen LogP contribution in [-0.4, -0.2) is 60.8 Å². The number of nitrogens with two attached hydrogens (primary N) is 1. The average Bonchev–Trinajstić information content (AvgIpc) is 3.31. The Hall–Kier alpha value is -4.03. The first-order valence-corrected chi connectivity index (χ1v) is 9.56. The number of aryl methyl sites for hydroxylation is 1. The zero-order valence-electron chi connectivity index (χ0n) is 17.0. The number of likely N-dealkylation sites (tertiary alicyclic amines) is 1. The summed E-state index contributed by atoms with van der Waals surface area (Å²) in [6.45, 7) is 0.456. The molecule has 1 saturated heterocycles. The van der Waals surface area contributed by atoms with E-state index in [4.69, 9.17) is 5.73 Å². The van der Waals surface area contributed by atoms with Crippen LogP contribution in [0.15, 0.2) is 42.6 Å². The zero-order chi connectivity index (χ0) is 22.2. The highest BCUT2D eigenvalue weighted by Gasteiger charge is 2.42. The molecule has 0 spiro atoms. The summed E-state index contributed by atoms with van der Waals surface area (Å²) in [5.74, 6) is 4.32. The molecule has 4 rings (SSSR count). The van der Waals surface area contributed by atoms with E-state index in [9.17, 15) is 14.7 Å². The van der Waals surface area contributed by atoms with E-state index < -0.39 is 17.4 Å². The van der Waals surface area contributed by atoms with Crippen molar-refractivity contribution >= 4 is 11.8 Å². The van der Waals surface area contributed by atoms with Crippen LogP contribution in [0.4, 0.5) is 0 Å². The third kappa shape index (κ3) is 3.89. The predicted molar refractivity (Wildman–Crippen MR) is 112 cm³/mol. The number of carbonyl (C=O) groups is 2. The van der Waals surface area contributed by atoms with Crippen LogP contribution in [-0.2, 0) is 11.8 Å². The number of benzene rings is 1. The Bertz CT molecular complexity index is 1260. The summed E-state index contributed by atoms with van der Waals surface area (Å²) in [6, 6.07) is 10.6. The van der Waals surface area contributed by atoms with Gasteiger partial charge in [-0.25, -0.2) is 9.97 Å². The Labute approximate surface area is 178 Å². The number of hydrogen-bond donors (Lipinski definition) is 2. The number of rotatable bonds is 3. The third-order valence-electron chi connectivity index (χ3n) is 5.11. The second kappa shape index (κ2) is 7.66. The summed E-state index contributed by atoms with van der Waals surface area (Å²) in [5, 5.41) is 14.6. The maximum Gasteiger partial charge on any atom is 0.286 e. The van der Waals surface area contributed by atoms with Crippen molar-refractivity contribution in [1.82, 2.24) is 24.6 Å². The molecule has 2 amide bonds. The highest BCUT2D eigenvalue weighted by atomic mass is 16.3. The van der Waals surface area contributed by atoms with Crippen LogP contribution in [0.1, 0.15) is 22.6 Å². The van der Waals surface area contributed by atoms with Gasteiger partial charge < -0.3 is 15.7 Å². The molecule has 9 heteroatoms. The van der Waals surface area contributed by atoms with Gasteiger partial charge in [0.15, 0.2) is 0 Å². The van der Waals surface area contributed by atoms with E-state index in [1.165, 1.54) is 4.90 Å². The van der Waals surface area contributed by atoms with Crippen molar-refractivity contribution in [2.75, 3.05) is 13.6 Å². The first kappa shape index (κ1) is 20.3. The van der Waals surface area contributed by atoms with Gasteiger partial charge in [-0.15, -0.1) is 0 Å². The molecule has 1 aliphatic heterocycles. The minimum Gasteiger partial charge on any atom is -0.369 e. The lowest BCUT2D eigenvalue weighted by Gasteiger charge is -2.13. The van der Waals surface area contributed by atoms with E-state index in [1.807, 2.05) is 6.07 Å². The molecule has 0 saturated carbocycles. The van der Waals surface area contributed by atoms with E-state index in [0.717, 1.165) is 0 Å². The number of amides is 2. The zero-order valence-corrected chi connectivity index (χ0v) is 17.0. The van der Waals surface area contributed by atoms with Crippen molar-refractivity contribution in [1.29, 1.82) is 0 Å². The Morgan fingerprint density at radius 2 is 1.97 bits per heavy atom. The quantitative estimate of drug-likeness (QED) is 0.602. The first-order valence-electron chi connectivity index (χ1n) is 9.56. The van der Waals surface area contributed by atoms with E-state index in [1.54, 1.807) is 55.3 Å². The van der Waals surface area contributed by atoms with E-state index in [2.05, 4.69) is 26.9 Å². The van der Waals surface area contributed by atoms with Crippen molar-refractivity contribution in [2.45, 2.75) is 12.0 Å². The number of carbonyl (C=O) groups excluding carboxylic acids is 2. The maximum atomic E-state index is 12.1. The van der Waals surface area contributed by atoms with Gasteiger partial charge in [-0.3, -0.25) is 14.3 Å². The van der Waals surface area contributed by atoms with Crippen molar-refractivity contribution in [3.8, 4) is 34.5 Å². The molecular weight excluding hydrogens is 396 g/mol. The number of primary amides is 1. The Balaban J connectivity index is 1.74. The van der Waals surface area contributed by atoms with Gasteiger partial charge in [0.2, 0.25) is 11.4 Å². The number of aliphatic hydroxyl groups is 1. The molecule has 1 aliphatic rings. The van der Waals surface area contributed by atoms with Gasteiger partial charge in [-0.05, 0) is 24.3 Å². The van der Waals surface area contributed by atoms with Gasteiger partial charge in [0.05, 0.1) is 17.1 Å². The Morgan fingerprint density at radius 3 is 2.61 bits per heavy atom. The Kier molecular flexibility index (Phi) is 5.01. The predicted octanol–water partition coefficient (Wildman–Crippen LogP) is 0.588. The van der Waals surface area contributed by atoms with Crippen LogP contribution in [0.5, 0.6) is 0 Å². The maximum absolute atomic E-state index is 12.1. The SMILES string of the molecule is CN1CCC(O)(C#Cc2cccc(-c3cc(-c4ccnn4C)nc(C(N)=O)n3)c2)C1=O. The van der Waals surface area contributed by atoms with Gasteiger partial charge in [0, 0.05) is 44.4 Å². The first-order chi connectivity index (χ1) is 14.8. The van der Waals surface area contributed by atoms with Crippen molar-refractivity contribution in [2.24, 2.45) is 12.8 Å². The highest BCUT2D eigenvalue weighted by Crippen LogP contribution is 2.25. The lowest BCUT2D eigenvalue weighted by molar-refractivity contribution is -0.137. The van der Waals surface area contributed by atoms with Gasteiger partial charge in [0.25, 0.3) is 11.8 Å². The number of nitrogens with zero attached hydrogens (tertiary/aromatic N) is 5. The van der Waals surface area contributed by atoms with Crippen LogP contribution < -0.4 is 5.73 Å². The molecule has 9 nitrogen and oxygen atoms in total. The molecule has 0 bridgehead atoms. The van der Waals surface area contributed by atoms with Crippen LogP contribution in [0, 0.1) is 11.8 Å². The second-order valence-corrected chi connectivity index (χ2v) is 7.33. The van der Waals surface area contributed by atoms with Crippen LogP contribution >= 0.6 is 0 Å². The number of aromatic nitrogens is 4. The minimum atomic E-state index is -1.68. The molecule has 3 N–H and O–H groups in total. The number of likely N-dealkylation sites (N-methyl/N-ethyl adjacent to an activating group) is 1. The lowest BCUT2D eigenvalue weighted by Crippen LogP contribution is -2.37. The molecule has 3 aromatic rings. The molecule has 0 radical (unpaired) electrons. The monoisotopic (exact) mass is 416 g/mol. The molecule has 3 heterocycles. The second-order valence-electron chi connectivity index (χ2n) is 7.33. The summed E-state index contributed by atoms with van der Waals surface area (Å²) in [5.41, 5.74) is 6.73. The van der Waals surface area contributed by atoms with Gasteiger partial charge in [-0.2, -0.15) is 5.10 Å². The molecule has 1 fully saturated rings. The fraction of sp³-hybridized carbons (Fsp3) is 0.227. The van der Waals surface area contributed by atoms with Crippen LogP contribution in [0.25, 0.3) is 22.6 Å². The number of hydrogen-bond acceptors (Lipinski definition) is 6. The molecule has 156 valence electrons. The summed E-state index contributed by atoms with van der Waals surface area (Å²) < 4.78 is 1.63. The normalized spacial score (nSPS) is 18.0. The summed E-state index contributed by atoms with van der Waals surface area (Å²) in [4.78, 5) is 33.9. The summed E-state index contributed by atoms with van der Waals surface area (Å²) >= 11 is 0. The van der Waals surface area contributed by atoms with E-state index in [0.29, 0.717) is 34.8 Å². The van der Waals surface area contributed by atoms with Crippen molar-refractivity contribution < 1.29 is 14.7 Å². The van der Waals surface area contributed by atoms with E-state index in [-0.39, 0.29) is 12.2 Å². The molecule has 31 heavy (non-hydrogen) atoms. The van der Waals surface area contributed by atoms with Gasteiger partial charge in [-0.1, -0.05) is 24.0 Å². The molecular formula is C22H20N6O3. The van der Waals surface area contributed by atoms with Crippen LogP contribution in [0.3, 0.4) is 0 Å². The third-order valence-corrected chi connectivity index (χ3v) is 5.11. The smallest absolute Gasteiger partial charge is 0.286 e. The molecule has 1 atom stereocenters. The van der Waals surface area contributed by atoms with Gasteiger partial charge in [0.1, 0.15) is 0 Å². The molecule has 1 aromatic carbocycles. The fourth-order valence-corrected chi connectivity index (χ4v) is 3.36. The van der Waals surface area contributed by atoms with E-state index >= 15 is 0 Å². The minimum absolute atomic E-state index is 0.112. The summed E-state index contributed by atoms with van der Waals surface area (Å²) in [6.07, 6.45) is 1.89. The molecule has 0 aliphatic carbocycles. The molecule has 1 unspecified atom stereocenters. The highest BCUT2D eigenvalue weighted by molar-refractivity contribution is 5.91. The van der Waals surface area contributed by atoms with Crippen molar-refractivity contribution in [3.63, 3.8) is 0 Å². The van der Waals surface area contributed by atoms with Crippen LogP contribution in [0.2, 0.25) is 0 Å².